The van der Waals surface area contributed by atoms with Gasteiger partial charge in [0, 0.05) is 37.6 Å². The Kier molecular flexibility index (Phi) is 6.51. The lowest BCUT2D eigenvalue weighted by Crippen LogP contribution is -2.55. The van der Waals surface area contributed by atoms with Gasteiger partial charge in [-0.05, 0) is 32.0 Å². The van der Waals surface area contributed by atoms with Crippen LogP contribution in [0.4, 0.5) is 4.39 Å². The molecule has 0 saturated carbocycles. The average Bonchev–Trinajstić information content (AvgIpc) is 3.14. The van der Waals surface area contributed by atoms with E-state index in [1.54, 1.807) is 29.1 Å². The second kappa shape index (κ2) is 8.86. The summed E-state index contributed by atoms with van der Waals surface area (Å²) in [5.74, 6) is -0.0960. The Balaban J connectivity index is 1.52. The highest BCUT2D eigenvalue weighted by atomic mass is 32.2. The number of rotatable bonds is 7. The molecule has 0 atom stereocenters. The molecule has 1 aliphatic heterocycles. The van der Waals surface area contributed by atoms with E-state index in [1.807, 2.05) is 0 Å². The number of amides is 1. The highest BCUT2D eigenvalue weighted by molar-refractivity contribution is 7.99. The Morgan fingerprint density at radius 3 is 2.89 bits per heavy atom. The summed E-state index contributed by atoms with van der Waals surface area (Å²) in [6.07, 6.45) is 3.41. The zero-order valence-corrected chi connectivity index (χ0v) is 16.5. The number of benzene rings is 1. The summed E-state index contributed by atoms with van der Waals surface area (Å²) in [4.78, 5) is 18.9. The summed E-state index contributed by atoms with van der Waals surface area (Å²) < 4.78 is 20.6. The summed E-state index contributed by atoms with van der Waals surface area (Å²) in [6, 6.07) is 6.30. The van der Waals surface area contributed by atoms with Crippen molar-refractivity contribution in [2.24, 2.45) is 0 Å². The van der Waals surface area contributed by atoms with Crippen LogP contribution in [-0.4, -0.2) is 64.5 Å². The third kappa shape index (κ3) is 5.31. The van der Waals surface area contributed by atoms with Crippen LogP contribution >= 0.6 is 11.8 Å². The van der Waals surface area contributed by atoms with Crippen LogP contribution in [-0.2, 0) is 9.53 Å². The SMILES string of the molecule is CC(C)(CNC(=O)CSc1nccn1-c1cccc(F)c1)N1CCOCC1. The van der Waals surface area contributed by atoms with Crippen molar-refractivity contribution < 1.29 is 13.9 Å². The molecular formula is C19H25FN4O2S. The van der Waals surface area contributed by atoms with E-state index in [4.69, 9.17) is 4.74 Å². The second-order valence-corrected chi connectivity index (χ2v) is 7.98. The maximum absolute atomic E-state index is 13.5. The summed E-state index contributed by atoms with van der Waals surface area (Å²) in [6.45, 7) is 8.05. The molecular weight excluding hydrogens is 367 g/mol. The van der Waals surface area contributed by atoms with E-state index in [0.717, 1.165) is 26.3 Å². The first kappa shape index (κ1) is 19.9. The van der Waals surface area contributed by atoms with Crippen molar-refractivity contribution in [2.45, 2.75) is 24.5 Å². The van der Waals surface area contributed by atoms with E-state index >= 15 is 0 Å². The highest BCUT2D eigenvalue weighted by Gasteiger charge is 2.28. The van der Waals surface area contributed by atoms with Crippen molar-refractivity contribution in [1.82, 2.24) is 19.8 Å². The van der Waals surface area contributed by atoms with E-state index in [0.29, 0.717) is 17.4 Å². The number of nitrogens with one attached hydrogen (secondary N) is 1. The number of carbonyl (C=O) groups excluding carboxylic acids is 1. The quantitative estimate of drug-likeness (QED) is 0.733. The number of imidazole rings is 1. The molecule has 2 heterocycles. The number of hydrogen-bond donors (Lipinski definition) is 1. The van der Waals surface area contributed by atoms with Gasteiger partial charge in [-0.25, -0.2) is 9.37 Å². The van der Waals surface area contributed by atoms with Crippen molar-refractivity contribution in [3.05, 3.63) is 42.5 Å². The van der Waals surface area contributed by atoms with Crippen LogP contribution in [0.5, 0.6) is 0 Å². The van der Waals surface area contributed by atoms with Gasteiger partial charge in [0.25, 0.3) is 0 Å². The van der Waals surface area contributed by atoms with Crippen LogP contribution < -0.4 is 5.32 Å². The van der Waals surface area contributed by atoms with Crippen LogP contribution in [0, 0.1) is 5.82 Å². The summed E-state index contributed by atoms with van der Waals surface area (Å²) >= 11 is 1.33. The molecule has 146 valence electrons. The van der Waals surface area contributed by atoms with Gasteiger partial charge in [-0.2, -0.15) is 0 Å². The van der Waals surface area contributed by atoms with E-state index in [2.05, 4.69) is 29.0 Å². The molecule has 27 heavy (non-hydrogen) atoms. The molecule has 1 fully saturated rings. The number of aromatic nitrogens is 2. The predicted molar refractivity (Wildman–Crippen MR) is 104 cm³/mol. The van der Waals surface area contributed by atoms with Crippen molar-refractivity contribution in [3.8, 4) is 5.69 Å². The zero-order chi connectivity index (χ0) is 19.3. The van der Waals surface area contributed by atoms with Gasteiger partial charge in [0.05, 0.1) is 24.7 Å². The van der Waals surface area contributed by atoms with Crippen molar-refractivity contribution in [3.63, 3.8) is 0 Å². The molecule has 0 unspecified atom stereocenters. The van der Waals surface area contributed by atoms with Crippen LogP contribution in [0.15, 0.2) is 41.8 Å². The summed E-state index contributed by atoms with van der Waals surface area (Å²) in [5, 5.41) is 3.67. The molecule has 1 aliphatic rings. The second-order valence-electron chi connectivity index (χ2n) is 7.04. The fraction of sp³-hybridized carbons (Fsp3) is 0.474. The molecule has 3 rings (SSSR count). The van der Waals surface area contributed by atoms with Gasteiger partial charge >= 0.3 is 0 Å². The highest BCUT2D eigenvalue weighted by Crippen LogP contribution is 2.21. The molecule has 0 spiro atoms. The van der Waals surface area contributed by atoms with Gasteiger partial charge in [0.15, 0.2) is 5.16 Å². The van der Waals surface area contributed by atoms with Crippen LogP contribution in [0.3, 0.4) is 0 Å². The fourth-order valence-electron chi connectivity index (χ4n) is 3.00. The molecule has 1 aromatic carbocycles. The first-order chi connectivity index (χ1) is 13.0. The third-order valence-corrected chi connectivity index (χ3v) is 5.58. The van der Waals surface area contributed by atoms with Gasteiger partial charge in [-0.1, -0.05) is 17.8 Å². The van der Waals surface area contributed by atoms with E-state index in [9.17, 15) is 9.18 Å². The molecule has 1 saturated heterocycles. The molecule has 1 N–H and O–H groups in total. The Labute approximate surface area is 163 Å². The van der Waals surface area contributed by atoms with Crippen molar-refractivity contribution in [1.29, 1.82) is 0 Å². The minimum atomic E-state index is -0.305. The first-order valence-corrected chi connectivity index (χ1v) is 9.96. The monoisotopic (exact) mass is 392 g/mol. The van der Waals surface area contributed by atoms with Gasteiger partial charge in [0.2, 0.25) is 5.91 Å². The standard InChI is InChI=1S/C19H25FN4O2S/c1-19(2,23-8-10-26-11-9-23)14-22-17(25)13-27-18-21-6-7-24(18)16-5-3-4-15(20)12-16/h3-7,12H,8-11,13-14H2,1-2H3,(H,22,25). The van der Waals surface area contributed by atoms with Crippen molar-refractivity contribution >= 4 is 17.7 Å². The number of thioether (sulfide) groups is 1. The molecule has 0 aliphatic carbocycles. The molecule has 1 aromatic heterocycles. The number of ether oxygens (including phenoxy) is 1. The topological polar surface area (TPSA) is 59.4 Å². The smallest absolute Gasteiger partial charge is 0.230 e. The minimum absolute atomic E-state index is 0.0462. The van der Waals surface area contributed by atoms with Crippen LogP contribution in [0.25, 0.3) is 5.69 Å². The zero-order valence-electron chi connectivity index (χ0n) is 15.7. The molecule has 8 heteroatoms. The van der Waals surface area contributed by atoms with Gasteiger partial charge < -0.3 is 10.1 Å². The van der Waals surface area contributed by atoms with E-state index in [1.165, 1.54) is 23.9 Å². The predicted octanol–water partition coefficient (Wildman–Crippen LogP) is 2.33. The lowest BCUT2D eigenvalue weighted by Gasteiger charge is -2.40. The first-order valence-electron chi connectivity index (χ1n) is 8.97. The molecule has 0 bridgehead atoms. The number of hydrogen-bond acceptors (Lipinski definition) is 5. The normalized spacial score (nSPS) is 15.7. The van der Waals surface area contributed by atoms with Gasteiger partial charge in [0.1, 0.15) is 5.82 Å². The summed E-state index contributed by atoms with van der Waals surface area (Å²) in [5.41, 5.74) is 0.563. The third-order valence-electron chi connectivity index (χ3n) is 4.61. The Morgan fingerprint density at radius 1 is 1.37 bits per heavy atom. The van der Waals surface area contributed by atoms with Gasteiger partial charge in [-0.3, -0.25) is 14.3 Å². The maximum atomic E-state index is 13.5. The average molecular weight is 393 g/mol. The van der Waals surface area contributed by atoms with Crippen LogP contribution in [0.2, 0.25) is 0 Å². The van der Waals surface area contributed by atoms with E-state index in [-0.39, 0.29) is 23.0 Å². The van der Waals surface area contributed by atoms with Crippen molar-refractivity contribution in [2.75, 3.05) is 38.6 Å². The fourth-order valence-corrected chi connectivity index (χ4v) is 3.80. The number of nitrogens with zero attached hydrogens (tertiary/aromatic N) is 3. The molecule has 0 radical (unpaired) electrons. The van der Waals surface area contributed by atoms with Crippen LogP contribution in [0.1, 0.15) is 13.8 Å². The number of carbonyl (C=O) groups is 1. The lowest BCUT2D eigenvalue weighted by atomic mass is 10.0. The number of halogens is 1. The molecule has 2 aromatic rings. The lowest BCUT2D eigenvalue weighted by molar-refractivity contribution is -0.119. The maximum Gasteiger partial charge on any atom is 0.230 e. The largest absolute Gasteiger partial charge is 0.379 e. The molecule has 6 nitrogen and oxygen atoms in total. The number of morpholine rings is 1. The van der Waals surface area contributed by atoms with Gasteiger partial charge in [-0.15, -0.1) is 0 Å². The summed E-state index contributed by atoms with van der Waals surface area (Å²) in [7, 11) is 0. The van der Waals surface area contributed by atoms with E-state index < -0.39 is 0 Å². The Bertz CT molecular complexity index is 775. The Hall–Kier alpha value is -1.90. The molecule has 1 amide bonds. The Morgan fingerprint density at radius 2 is 2.15 bits per heavy atom. The minimum Gasteiger partial charge on any atom is -0.379 e.